The molecule has 0 spiro atoms. The lowest BCUT2D eigenvalue weighted by atomic mass is 10.1. The minimum atomic E-state index is -4.21. The molecule has 0 fully saturated rings. The van der Waals surface area contributed by atoms with E-state index in [-0.39, 0.29) is 5.91 Å². The quantitative estimate of drug-likeness (QED) is 0.421. The van der Waals surface area contributed by atoms with Gasteiger partial charge in [-0.05, 0) is 52.0 Å². The molecule has 0 aromatic heterocycles. The van der Waals surface area contributed by atoms with E-state index in [0.29, 0.717) is 0 Å². The van der Waals surface area contributed by atoms with Gasteiger partial charge in [-0.15, -0.1) is 0 Å². The summed E-state index contributed by atoms with van der Waals surface area (Å²) in [7, 11) is 3.27. The molecule has 3 nitrogen and oxygen atoms in total. The second-order valence-corrected chi connectivity index (χ2v) is 7.34. The molecule has 0 heterocycles. The van der Waals surface area contributed by atoms with Crippen LogP contribution < -0.4 is 10.1 Å². The highest BCUT2D eigenvalue weighted by Crippen LogP contribution is 2.28. The summed E-state index contributed by atoms with van der Waals surface area (Å²) in [5.41, 5.74) is 4.16. The maximum Gasteiger partial charge on any atom is 0.416 e. The van der Waals surface area contributed by atoms with E-state index in [4.69, 9.17) is 4.74 Å². The predicted molar refractivity (Wildman–Crippen MR) is 130 cm³/mol. The Labute approximate surface area is 195 Å². The fourth-order valence-electron chi connectivity index (χ4n) is 2.05. The summed E-state index contributed by atoms with van der Waals surface area (Å²) in [6, 6.07) is 21.5. The smallest absolute Gasteiger partial charge is 0.416 e. The highest BCUT2D eigenvalue weighted by atomic mass is 19.4. The van der Waals surface area contributed by atoms with Crippen LogP contribution >= 0.6 is 0 Å². The first-order valence-electron chi connectivity index (χ1n) is 10.3. The van der Waals surface area contributed by atoms with Gasteiger partial charge in [0, 0.05) is 14.0 Å². The van der Waals surface area contributed by atoms with Crippen LogP contribution in [0.5, 0.6) is 5.75 Å². The van der Waals surface area contributed by atoms with Gasteiger partial charge in [0.05, 0.1) is 12.7 Å². The predicted octanol–water partition coefficient (Wildman–Crippen LogP) is 7.07. The maximum absolute atomic E-state index is 11.9. The molecule has 0 saturated carbocycles. The van der Waals surface area contributed by atoms with Gasteiger partial charge in [-0.2, -0.15) is 13.2 Å². The first kappa shape index (κ1) is 29.7. The molecular weight excluding hydrogens is 427 g/mol. The van der Waals surface area contributed by atoms with Crippen LogP contribution in [0.25, 0.3) is 0 Å². The van der Waals surface area contributed by atoms with Crippen LogP contribution in [0.2, 0.25) is 0 Å². The van der Waals surface area contributed by atoms with Gasteiger partial charge in [-0.25, -0.2) is 0 Å². The molecule has 0 aliphatic heterocycles. The van der Waals surface area contributed by atoms with Gasteiger partial charge in [0.15, 0.2) is 0 Å². The molecule has 180 valence electrons. The Morgan fingerprint density at radius 1 is 0.697 bits per heavy atom. The minimum Gasteiger partial charge on any atom is -0.497 e. The number of carbonyl (C=O) groups is 1. The van der Waals surface area contributed by atoms with E-state index < -0.39 is 11.7 Å². The molecule has 0 bridgehead atoms. The zero-order chi connectivity index (χ0) is 25.4. The Morgan fingerprint density at radius 2 is 0.970 bits per heavy atom. The molecule has 0 saturated heterocycles. The van der Waals surface area contributed by atoms with Gasteiger partial charge in [-0.1, -0.05) is 70.8 Å². The van der Waals surface area contributed by atoms with Crippen molar-refractivity contribution in [3.8, 4) is 5.75 Å². The molecule has 0 unspecified atom stereocenters. The molecule has 0 radical (unpaired) electrons. The van der Waals surface area contributed by atoms with Gasteiger partial charge in [0.2, 0.25) is 5.91 Å². The van der Waals surface area contributed by atoms with Crippen LogP contribution in [0.3, 0.4) is 0 Å². The molecule has 33 heavy (non-hydrogen) atoms. The van der Waals surface area contributed by atoms with Crippen molar-refractivity contribution in [1.29, 1.82) is 0 Å². The third-order valence-electron chi connectivity index (χ3n) is 4.21. The van der Waals surface area contributed by atoms with E-state index >= 15 is 0 Å². The molecule has 1 amide bonds. The fraction of sp³-hybridized carbons (Fsp3) is 0.296. The molecule has 0 atom stereocenters. The monoisotopic (exact) mass is 461 g/mol. The lowest BCUT2D eigenvalue weighted by Gasteiger charge is -2.05. The van der Waals surface area contributed by atoms with Crippen LogP contribution in [0.15, 0.2) is 72.8 Å². The van der Waals surface area contributed by atoms with Crippen LogP contribution in [-0.2, 0) is 11.0 Å². The Bertz CT molecular complexity index is 897. The highest BCUT2D eigenvalue weighted by Gasteiger charge is 2.29. The van der Waals surface area contributed by atoms with Crippen LogP contribution in [0.1, 0.15) is 34.7 Å². The van der Waals surface area contributed by atoms with Gasteiger partial charge in [-0.3, -0.25) is 4.79 Å². The van der Waals surface area contributed by atoms with E-state index in [2.05, 4.69) is 50.4 Å². The number of nitrogens with one attached hydrogen (secondary N) is 1. The van der Waals surface area contributed by atoms with E-state index in [1.807, 2.05) is 24.3 Å². The van der Waals surface area contributed by atoms with Crippen LogP contribution in [-0.4, -0.2) is 20.1 Å². The summed E-state index contributed by atoms with van der Waals surface area (Å²) in [4.78, 5) is 9.70. The van der Waals surface area contributed by atoms with Crippen molar-refractivity contribution in [1.82, 2.24) is 5.32 Å². The second kappa shape index (κ2) is 15.5. The Hall–Kier alpha value is -3.28. The zero-order valence-electron chi connectivity index (χ0n) is 20.4. The SMILES string of the molecule is CNC(C)=O.COc1ccc(C)cc1.Cc1ccc(C(F)(F)F)cc1.Cc1ccc(C)cc1. The Kier molecular flexibility index (Phi) is 14.0. The molecule has 1 N–H and O–H groups in total. The number of halogens is 3. The first-order valence-corrected chi connectivity index (χ1v) is 10.3. The molecular formula is C27H34F3NO2. The molecule has 3 aromatic rings. The van der Waals surface area contributed by atoms with Crippen molar-refractivity contribution in [3.63, 3.8) is 0 Å². The fourth-order valence-corrected chi connectivity index (χ4v) is 2.05. The maximum atomic E-state index is 11.9. The van der Waals surface area contributed by atoms with E-state index in [0.717, 1.165) is 23.4 Å². The number of methoxy groups -OCH3 is 1. The number of benzene rings is 3. The number of hydrogen-bond donors (Lipinski definition) is 1. The van der Waals surface area contributed by atoms with Crippen molar-refractivity contribution in [2.75, 3.05) is 14.2 Å². The summed E-state index contributed by atoms with van der Waals surface area (Å²) in [5, 5.41) is 2.39. The normalized spacial score (nSPS) is 9.64. The van der Waals surface area contributed by atoms with Crippen LogP contribution in [0, 0.1) is 27.7 Å². The topological polar surface area (TPSA) is 38.3 Å². The largest absolute Gasteiger partial charge is 0.497 e. The standard InChI is InChI=1S/C8H7F3.C8H10O.C8H10.C3H7NO/c1-6-2-4-7(5-3-6)8(9,10)11;1-7-3-5-8(9-2)6-4-7;1-7-3-5-8(2)6-4-7;1-3(5)4-2/h2-5H,1H3;3-6H,1-2H3;3-6H,1-2H3;1-2H3,(H,4,5). The molecule has 6 heteroatoms. The van der Waals surface area contributed by atoms with Gasteiger partial charge in [0.1, 0.15) is 5.75 Å². The summed E-state index contributed by atoms with van der Waals surface area (Å²) in [6.45, 7) is 9.47. The van der Waals surface area contributed by atoms with Crippen molar-refractivity contribution in [2.24, 2.45) is 0 Å². The van der Waals surface area contributed by atoms with Crippen LogP contribution in [0.4, 0.5) is 13.2 Å². The van der Waals surface area contributed by atoms with E-state index in [1.165, 1.54) is 35.7 Å². The lowest BCUT2D eigenvalue weighted by molar-refractivity contribution is -0.137. The zero-order valence-corrected chi connectivity index (χ0v) is 20.4. The Morgan fingerprint density at radius 3 is 1.21 bits per heavy atom. The first-order chi connectivity index (χ1) is 15.4. The van der Waals surface area contributed by atoms with Crippen molar-refractivity contribution >= 4 is 5.91 Å². The number of ether oxygens (including phenoxy) is 1. The highest BCUT2D eigenvalue weighted by molar-refractivity contribution is 5.72. The number of carbonyl (C=O) groups excluding carboxylic acids is 1. The molecule has 3 rings (SSSR count). The van der Waals surface area contributed by atoms with E-state index in [9.17, 15) is 18.0 Å². The van der Waals surface area contributed by atoms with Gasteiger partial charge in [0.25, 0.3) is 0 Å². The van der Waals surface area contributed by atoms with Gasteiger partial charge < -0.3 is 10.1 Å². The summed E-state index contributed by atoms with van der Waals surface area (Å²) in [6.07, 6.45) is -4.21. The molecule has 3 aromatic carbocycles. The molecule has 0 aliphatic carbocycles. The summed E-state index contributed by atoms with van der Waals surface area (Å²) < 4.78 is 40.7. The summed E-state index contributed by atoms with van der Waals surface area (Å²) in [5.74, 6) is 0.922. The number of hydrogen-bond acceptors (Lipinski definition) is 2. The van der Waals surface area contributed by atoms with E-state index in [1.54, 1.807) is 21.1 Å². The number of aryl methyl sites for hydroxylation is 4. The minimum absolute atomic E-state index is 0.00463. The van der Waals surface area contributed by atoms with Gasteiger partial charge >= 0.3 is 6.18 Å². The van der Waals surface area contributed by atoms with Crippen molar-refractivity contribution < 1.29 is 22.7 Å². The number of rotatable bonds is 1. The van der Waals surface area contributed by atoms with Crippen molar-refractivity contribution in [3.05, 3.63) is 101 Å². The summed E-state index contributed by atoms with van der Waals surface area (Å²) >= 11 is 0. The lowest BCUT2D eigenvalue weighted by Crippen LogP contribution is -2.11. The average molecular weight is 462 g/mol. The third-order valence-corrected chi connectivity index (χ3v) is 4.21. The third kappa shape index (κ3) is 15.2. The average Bonchev–Trinajstić information content (AvgIpc) is 2.77. The Balaban J connectivity index is 0.000000428. The van der Waals surface area contributed by atoms with Crippen molar-refractivity contribution in [2.45, 2.75) is 40.8 Å². The number of alkyl halides is 3. The molecule has 0 aliphatic rings. The second-order valence-electron chi connectivity index (χ2n) is 7.34. The number of amides is 1.